The lowest BCUT2D eigenvalue weighted by Gasteiger charge is -2.31. The summed E-state index contributed by atoms with van der Waals surface area (Å²) >= 11 is 0. The fraction of sp³-hybridized carbons (Fsp3) is 0.583. The molecule has 33 heavy (non-hydrogen) atoms. The summed E-state index contributed by atoms with van der Waals surface area (Å²) < 4.78 is 16.5. The maximum absolute atomic E-state index is 5.74. The number of hydrogen-bond donors (Lipinski definition) is 2. The van der Waals surface area contributed by atoms with Crippen molar-refractivity contribution in [1.82, 2.24) is 20.5 Å². The summed E-state index contributed by atoms with van der Waals surface area (Å²) in [5.41, 5.74) is 2.01. The normalized spacial score (nSPS) is 15.1. The van der Waals surface area contributed by atoms with Gasteiger partial charge in [0.25, 0.3) is 0 Å². The van der Waals surface area contributed by atoms with Gasteiger partial charge in [0.05, 0.1) is 33.0 Å². The molecule has 1 aromatic carbocycles. The maximum Gasteiger partial charge on any atom is 0.208 e. The van der Waals surface area contributed by atoms with Crippen molar-refractivity contribution in [3.63, 3.8) is 0 Å². The zero-order valence-corrected chi connectivity index (χ0v) is 22.8. The fourth-order valence-corrected chi connectivity index (χ4v) is 3.88. The second-order valence-corrected chi connectivity index (χ2v) is 8.22. The van der Waals surface area contributed by atoms with Crippen molar-refractivity contribution in [2.75, 3.05) is 40.4 Å². The van der Waals surface area contributed by atoms with Gasteiger partial charge in [-0.3, -0.25) is 4.90 Å². The van der Waals surface area contributed by atoms with Crippen LogP contribution in [0.3, 0.4) is 0 Å². The Labute approximate surface area is 214 Å². The van der Waals surface area contributed by atoms with Crippen LogP contribution in [0.15, 0.2) is 27.6 Å². The first kappa shape index (κ1) is 27.2. The molecular formula is C24H38IN5O3. The number of hydrogen-bond acceptors (Lipinski definition) is 6. The minimum Gasteiger partial charge on any atom is -0.497 e. The van der Waals surface area contributed by atoms with Crippen LogP contribution < -0.4 is 20.1 Å². The Hall–Kier alpha value is -2.01. The third kappa shape index (κ3) is 8.06. The molecule has 1 aliphatic rings. The lowest BCUT2D eigenvalue weighted by atomic mass is 9.97. The molecule has 184 valence electrons. The van der Waals surface area contributed by atoms with Crippen molar-refractivity contribution < 1.29 is 13.9 Å². The van der Waals surface area contributed by atoms with Crippen molar-refractivity contribution in [3.05, 3.63) is 41.1 Å². The highest BCUT2D eigenvalue weighted by Crippen LogP contribution is 2.25. The summed E-state index contributed by atoms with van der Waals surface area (Å²) in [4.78, 5) is 11.7. The van der Waals surface area contributed by atoms with Gasteiger partial charge in [0.2, 0.25) is 5.89 Å². The predicted molar refractivity (Wildman–Crippen MR) is 142 cm³/mol. The van der Waals surface area contributed by atoms with E-state index in [4.69, 9.17) is 18.9 Å². The standard InChI is InChI=1S/C24H37N5O3.HI/c1-6-25-24(27-15-20-7-8-21(30-4)13-22(20)31-5)26-14-19-9-11-29(12-10-19)16-23-28-17(2)18(3)32-23;/h7-8,13,19H,6,9-12,14-16H2,1-5H3,(H2,25,26,27);1H. The second-order valence-electron chi connectivity index (χ2n) is 8.22. The minimum absolute atomic E-state index is 0. The largest absolute Gasteiger partial charge is 0.497 e. The molecule has 0 atom stereocenters. The Balaban J connectivity index is 0.00000385. The van der Waals surface area contributed by atoms with Crippen LogP contribution in [-0.2, 0) is 13.1 Å². The van der Waals surface area contributed by atoms with Gasteiger partial charge in [0, 0.05) is 24.7 Å². The molecule has 0 bridgehead atoms. The molecule has 1 aliphatic heterocycles. The van der Waals surface area contributed by atoms with E-state index in [2.05, 4.69) is 27.4 Å². The molecule has 0 amide bonds. The zero-order chi connectivity index (χ0) is 22.9. The molecule has 0 saturated carbocycles. The van der Waals surface area contributed by atoms with Crippen LogP contribution in [0, 0.1) is 19.8 Å². The molecule has 9 heteroatoms. The fourth-order valence-electron chi connectivity index (χ4n) is 3.88. The Morgan fingerprint density at radius 2 is 1.94 bits per heavy atom. The van der Waals surface area contributed by atoms with Crippen molar-refractivity contribution >= 4 is 29.9 Å². The number of rotatable bonds is 9. The van der Waals surface area contributed by atoms with Gasteiger partial charge < -0.3 is 24.5 Å². The monoisotopic (exact) mass is 571 g/mol. The third-order valence-electron chi connectivity index (χ3n) is 5.94. The summed E-state index contributed by atoms with van der Waals surface area (Å²) in [7, 11) is 3.32. The Kier molecular flexibility index (Phi) is 11.3. The number of nitrogens with zero attached hydrogens (tertiary/aromatic N) is 3. The van der Waals surface area contributed by atoms with Crippen molar-refractivity contribution in [1.29, 1.82) is 0 Å². The van der Waals surface area contributed by atoms with Crippen LogP contribution in [0.25, 0.3) is 0 Å². The quantitative estimate of drug-likeness (QED) is 0.269. The molecule has 2 aromatic rings. The second kappa shape index (κ2) is 13.6. The van der Waals surface area contributed by atoms with Gasteiger partial charge in [-0.1, -0.05) is 0 Å². The average molecular weight is 572 g/mol. The minimum atomic E-state index is 0. The molecule has 3 rings (SSSR count). The topological polar surface area (TPSA) is 84.2 Å². The van der Waals surface area contributed by atoms with Crippen molar-refractivity contribution in [2.45, 2.75) is 46.7 Å². The summed E-state index contributed by atoms with van der Waals surface area (Å²) in [6.45, 7) is 11.2. The van der Waals surface area contributed by atoms with Gasteiger partial charge in [-0.15, -0.1) is 24.0 Å². The van der Waals surface area contributed by atoms with E-state index in [0.717, 1.165) is 85.9 Å². The number of methoxy groups -OCH3 is 2. The number of benzene rings is 1. The highest BCUT2D eigenvalue weighted by atomic mass is 127. The molecule has 1 fully saturated rings. The first-order chi connectivity index (χ1) is 15.5. The number of oxazole rings is 1. The van der Waals surface area contributed by atoms with E-state index in [0.29, 0.717) is 12.5 Å². The Morgan fingerprint density at radius 1 is 1.18 bits per heavy atom. The molecule has 8 nitrogen and oxygen atoms in total. The smallest absolute Gasteiger partial charge is 0.208 e. The number of guanidine groups is 1. The van der Waals surface area contributed by atoms with E-state index < -0.39 is 0 Å². The van der Waals surface area contributed by atoms with Crippen LogP contribution in [0.4, 0.5) is 0 Å². The van der Waals surface area contributed by atoms with E-state index in [9.17, 15) is 0 Å². The predicted octanol–water partition coefficient (Wildman–Crippen LogP) is 3.89. The van der Waals surface area contributed by atoms with Gasteiger partial charge in [0.15, 0.2) is 5.96 Å². The Morgan fingerprint density at radius 3 is 2.55 bits per heavy atom. The highest BCUT2D eigenvalue weighted by Gasteiger charge is 2.21. The van der Waals surface area contributed by atoms with E-state index in [-0.39, 0.29) is 24.0 Å². The molecule has 0 radical (unpaired) electrons. The maximum atomic E-state index is 5.74. The number of aliphatic imine (C=N–C) groups is 1. The molecule has 0 unspecified atom stereocenters. The number of aryl methyl sites for hydroxylation is 2. The lowest BCUT2D eigenvalue weighted by molar-refractivity contribution is 0.164. The van der Waals surface area contributed by atoms with Gasteiger partial charge in [-0.25, -0.2) is 9.98 Å². The Bertz CT molecular complexity index is 875. The molecule has 0 aliphatic carbocycles. The summed E-state index contributed by atoms with van der Waals surface area (Å²) in [5.74, 6) is 4.76. The van der Waals surface area contributed by atoms with E-state index in [1.807, 2.05) is 32.0 Å². The number of halogens is 1. The van der Waals surface area contributed by atoms with Crippen LogP contribution in [0.2, 0.25) is 0 Å². The van der Waals surface area contributed by atoms with E-state index in [1.54, 1.807) is 14.2 Å². The van der Waals surface area contributed by atoms with Crippen LogP contribution in [0.1, 0.15) is 42.7 Å². The molecule has 0 spiro atoms. The van der Waals surface area contributed by atoms with E-state index >= 15 is 0 Å². The first-order valence-corrected chi connectivity index (χ1v) is 11.4. The van der Waals surface area contributed by atoms with Crippen LogP contribution >= 0.6 is 24.0 Å². The van der Waals surface area contributed by atoms with Gasteiger partial charge >= 0.3 is 0 Å². The third-order valence-corrected chi connectivity index (χ3v) is 5.94. The summed E-state index contributed by atoms with van der Waals surface area (Å²) in [6, 6.07) is 5.82. The number of nitrogens with one attached hydrogen (secondary N) is 2. The molecule has 2 heterocycles. The van der Waals surface area contributed by atoms with Gasteiger partial charge in [-0.05, 0) is 64.8 Å². The van der Waals surface area contributed by atoms with Gasteiger partial charge in [0.1, 0.15) is 17.3 Å². The van der Waals surface area contributed by atoms with E-state index in [1.165, 1.54) is 0 Å². The number of piperidine rings is 1. The first-order valence-electron chi connectivity index (χ1n) is 11.4. The van der Waals surface area contributed by atoms with Gasteiger partial charge in [-0.2, -0.15) is 0 Å². The lowest BCUT2D eigenvalue weighted by Crippen LogP contribution is -2.42. The van der Waals surface area contributed by atoms with Crippen molar-refractivity contribution in [3.8, 4) is 11.5 Å². The number of ether oxygens (including phenoxy) is 2. The highest BCUT2D eigenvalue weighted by molar-refractivity contribution is 14.0. The molecule has 1 saturated heterocycles. The molecular weight excluding hydrogens is 533 g/mol. The number of aromatic nitrogens is 1. The zero-order valence-electron chi connectivity index (χ0n) is 20.4. The molecule has 2 N–H and O–H groups in total. The van der Waals surface area contributed by atoms with Crippen LogP contribution in [0.5, 0.6) is 11.5 Å². The summed E-state index contributed by atoms with van der Waals surface area (Å²) in [6.07, 6.45) is 2.30. The van der Waals surface area contributed by atoms with Crippen molar-refractivity contribution in [2.24, 2.45) is 10.9 Å². The molecule has 1 aromatic heterocycles. The number of likely N-dealkylation sites (tertiary alicyclic amines) is 1. The SMILES string of the molecule is CCNC(=NCc1ccc(OC)cc1OC)NCC1CCN(Cc2nc(C)c(C)o2)CC1.I. The average Bonchev–Trinajstić information content (AvgIpc) is 3.13. The summed E-state index contributed by atoms with van der Waals surface area (Å²) in [5, 5.41) is 6.86. The van der Waals surface area contributed by atoms with Crippen LogP contribution in [-0.4, -0.2) is 56.2 Å².